The second-order valence-corrected chi connectivity index (χ2v) is 13.7. The van der Waals surface area contributed by atoms with Crippen LogP contribution in [0, 0.1) is 17.8 Å². The molecule has 46 heavy (non-hydrogen) atoms. The molecule has 2 aliphatic carbocycles. The molecule has 250 valence electrons. The molecular formula is C32H41F3N6O5. The van der Waals surface area contributed by atoms with Crippen LogP contribution in [0.15, 0.2) is 30.5 Å². The molecule has 2 atom stereocenters. The van der Waals surface area contributed by atoms with Crippen LogP contribution < -0.4 is 16.0 Å². The van der Waals surface area contributed by atoms with Gasteiger partial charge in [-0.25, -0.2) is 4.79 Å². The molecule has 0 saturated heterocycles. The van der Waals surface area contributed by atoms with E-state index in [-0.39, 0.29) is 18.5 Å². The number of carbonyl (C=O) groups is 4. The summed E-state index contributed by atoms with van der Waals surface area (Å²) in [5, 5.41) is 12.0. The van der Waals surface area contributed by atoms with Crippen molar-refractivity contribution in [2.75, 3.05) is 11.9 Å². The molecule has 11 nitrogen and oxygen atoms in total. The van der Waals surface area contributed by atoms with Gasteiger partial charge in [0.1, 0.15) is 29.9 Å². The maximum Gasteiger partial charge on any atom is 0.411 e. The van der Waals surface area contributed by atoms with Gasteiger partial charge in [0.25, 0.3) is 5.91 Å². The highest BCUT2D eigenvalue weighted by molar-refractivity contribution is 6.01. The largest absolute Gasteiger partial charge is 0.444 e. The molecule has 2 aromatic rings. The van der Waals surface area contributed by atoms with Crippen molar-refractivity contribution in [3.05, 3.63) is 47.3 Å². The molecule has 2 fully saturated rings. The second kappa shape index (κ2) is 12.6. The highest BCUT2D eigenvalue weighted by Gasteiger charge is 2.49. The summed E-state index contributed by atoms with van der Waals surface area (Å²) in [6.07, 6.45) is 0.00112. The molecule has 3 aliphatic rings. The van der Waals surface area contributed by atoms with Crippen molar-refractivity contribution in [2.24, 2.45) is 17.8 Å². The minimum absolute atomic E-state index is 0.0295. The van der Waals surface area contributed by atoms with Crippen LogP contribution in [-0.2, 0) is 20.9 Å². The van der Waals surface area contributed by atoms with Crippen LogP contribution in [0.1, 0.15) is 94.0 Å². The predicted octanol–water partition coefficient (Wildman–Crippen LogP) is 5.11. The molecule has 4 amide bonds. The molecule has 1 aromatic carbocycles. The van der Waals surface area contributed by atoms with Crippen LogP contribution in [0.5, 0.6) is 0 Å². The number of hydrogen-bond acceptors (Lipinski definition) is 6. The van der Waals surface area contributed by atoms with E-state index in [0.717, 1.165) is 30.6 Å². The van der Waals surface area contributed by atoms with Crippen LogP contribution in [0.4, 0.5) is 23.7 Å². The van der Waals surface area contributed by atoms with E-state index in [2.05, 4.69) is 15.7 Å². The number of nitrogens with one attached hydrogen (secondary N) is 3. The Hall–Kier alpha value is -4.10. The minimum atomic E-state index is -4.64. The smallest absolute Gasteiger partial charge is 0.411 e. The maximum absolute atomic E-state index is 13.9. The normalized spacial score (nSPS) is 18.7. The third-order valence-electron chi connectivity index (χ3n) is 8.38. The third-order valence-corrected chi connectivity index (χ3v) is 8.38. The number of carbonyl (C=O) groups excluding carboxylic acids is 4. The Morgan fingerprint density at radius 1 is 1.02 bits per heavy atom. The van der Waals surface area contributed by atoms with Gasteiger partial charge in [-0.3, -0.25) is 24.0 Å². The van der Waals surface area contributed by atoms with Crippen molar-refractivity contribution >= 4 is 29.5 Å². The molecule has 2 heterocycles. The first-order chi connectivity index (χ1) is 21.5. The highest BCUT2D eigenvalue weighted by Crippen LogP contribution is 2.51. The number of alkyl halides is 3. The average molecular weight is 647 g/mol. The Labute approximate surface area is 265 Å². The fourth-order valence-corrected chi connectivity index (χ4v) is 6.16. The lowest BCUT2D eigenvalue weighted by Crippen LogP contribution is -2.50. The lowest BCUT2D eigenvalue weighted by molar-refractivity contribution is -0.141. The molecular weight excluding hydrogens is 605 g/mol. The quantitative estimate of drug-likeness (QED) is 0.329. The number of halogens is 3. The molecule has 3 N–H and O–H groups in total. The van der Waals surface area contributed by atoms with Crippen LogP contribution in [0.3, 0.4) is 0 Å². The van der Waals surface area contributed by atoms with Gasteiger partial charge in [-0.2, -0.15) is 18.3 Å². The summed E-state index contributed by atoms with van der Waals surface area (Å²) in [5.74, 6) is -1.16. The summed E-state index contributed by atoms with van der Waals surface area (Å²) in [4.78, 5) is 54.5. The van der Waals surface area contributed by atoms with Gasteiger partial charge in [-0.05, 0) is 107 Å². The molecule has 1 aliphatic heterocycles. The number of anilines is 1. The summed E-state index contributed by atoms with van der Waals surface area (Å²) in [6, 6.07) is 4.04. The Morgan fingerprint density at radius 3 is 2.24 bits per heavy atom. The second-order valence-electron chi connectivity index (χ2n) is 13.7. The van der Waals surface area contributed by atoms with E-state index < -0.39 is 54.2 Å². The number of ether oxygens (including phenoxy) is 1. The van der Waals surface area contributed by atoms with E-state index in [1.165, 1.54) is 12.1 Å². The van der Waals surface area contributed by atoms with E-state index >= 15 is 0 Å². The van der Waals surface area contributed by atoms with E-state index in [1.54, 1.807) is 43.8 Å². The van der Waals surface area contributed by atoms with Gasteiger partial charge in [-0.15, -0.1) is 0 Å². The van der Waals surface area contributed by atoms with E-state index in [0.29, 0.717) is 34.3 Å². The Bertz CT molecular complexity index is 1480. The zero-order valence-electron chi connectivity index (χ0n) is 26.6. The number of hydrogen-bond donors (Lipinski definition) is 3. The molecule has 14 heteroatoms. The third kappa shape index (κ3) is 7.81. The number of benzene rings is 1. The van der Waals surface area contributed by atoms with E-state index in [9.17, 15) is 32.3 Å². The van der Waals surface area contributed by atoms with Crippen molar-refractivity contribution in [1.29, 1.82) is 0 Å². The van der Waals surface area contributed by atoms with Crippen molar-refractivity contribution in [3.63, 3.8) is 0 Å². The van der Waals surface area contributed by atoms with Gasteiger partial charge in [0.15, 0.2) is 0 Å². The lowest BCUT2D eigenvalue weighted by atomic mass is 9.88. The van der Waals surface area contributed by atoms with E-state index in [1.807, 2.05) is 19.2 Å². The fourth-order valence-electron chi connectivity index (χ4n) is 6.16. The monoisotopic (exact) mass is 646 g/mol. The van der Waals surface area contributed by atoms with Gasteiger partial charge in [0.2, 0.25) is 11.8 Å². The van der Waals surface area contributed by atoms with Crippen LogP contribution >= 0.6 is 0 Å². The van der Waals surface area contributed by atoms with Crippen molar-refractivity contribution in [3.8, 4) is 0 Å². The first-order valence-electron chi connectivity index (χ1n) is 15.6. The summed E-state index contributed by atoms with van der Waals surface area (Å²) in [6.45, 7) is 7.07. The maximum atomic E-state index is 13.9. The number of amides is 4. The van der Waals surface area contributed by atoms with Gasteiger partial charge < -0.3 is 20.7 Å². The van der Waals surface area contributed by atoms with Crippen LogP contribution in [-0.4, -0.2) is 62.9 Å². The molecule has 0 spiro atoms. The molecule has 0 bridgehead atoms. The van der Waals surface area contributed by atoms with Gasteiger partial charge in [0.05, 0.1) is 6.54 Å². The SMILES string of the molecule is CC(C)n1nccc1C(=O)N[C@H](C(=O)Nc1ccc2c(c1)CN(C(=O)OC(C)(C)C)C2C(=O)NCC(F)(F)F)C(C1CC1)C1CC1. The number of fused-ring (bicyclic) bond motifs is 1. The number of rotatable bonds is 10. The summed E-state index contributed by atoms with van der Waals surface area (Å²) in [5.41, 5.74) is 0.598. The molecule has 5 rings (SSSR count). The standard InChI is InChI=1S/C32H41F3N6O5/c1-17(2)41-23(12-13-37-41)27(42)39-25(24(18-6-7-18)19-8-9-19)28(43)38-21-10-11-22-20(14-21)15-40(30(45)46-31(3,4)5)26(22)29(44)36-16-32(33,34)35/h10-14,17-19,24-26H,6-9,15-16H2,1-5H3,(H,36,44)(H,38,43)(H,39,42)/t25-,26?/m0/s1. The molecule has 1 unspecified atom stereocenters. The van der Waals surface area contributed by atoms with Gasteiger partial charge >= 0.3 is 12.3 Å². The van der Waals surface area contributed by atoms with E-state index in [4.69, 9.17) is 4.74 Å². The first-order valence-corrected chi connectivity index (χ1v) is 15.6. The minimum Gasteiger partial charge on any atom is -0.444 e. The fraction of sp³-hybridized carbons (Fsp3) is 0.594. The molecule has 0 radical (unpaired) electrons. The Kier molecular flexibility index (Phi) is 9.11. The zero-order valence-corrected chi connectivity index (χ0v) is 26.6. The summed E-state index contributed by atoms with van der Waals surface area (Å²) < 4.78 is 45.8. The van der Waals surface area contributed by atoms with Crippen LogP contribution in [0.25, 0.3) is 0 Å². The van der Waals surface area contributed by atoms with Crippen LogP contribution in [0.2, 0.25) is 0 Å². The number of nitrogens with zero attached hydrogens (tertiary/aromatic N) is 3. The van der Waals surface area contributed by atoms with Crippen molar-refractivity contribution < 1.29 is 37.1 Å². The number of aromatic nitrogens is 2. The average Bonchev–Trinajstić information content (AvgIpc) is 3.88. The predicted molar refractivity (Wildman–Crippen MR) is 161 cm³/mol. The molecule has 1 aromatic heterocycles. The summed E-state index contributed by atoms with van der Waals surface area (Å²) in [7, 11) is 0. The van der Waals surface area contributed by atoms with Gasteiger partial charge in [0, 0.05) is 17.9 Å². The van der Waals surface area contributed by atoms with Crippen molar-refractivity contribution in [2.45, 2.75) is 96.7 Å². The Balaban J connectivity index is 1.39. The van der Waals surface area contributed by atoms with Gasteiger partial charge in [-0.1, -0.05) is 6.07 Å². The first kappa shape index (κ1) is 33.3. The Morgan fingerprint density at radius 2 is 1.67 bits per heavy atom. The summed E-state index contributed by atoms with van der Waals surface area (Å²) >= 11 is 0. The zero-order chi connectivity index (χ0) is 33.6. The lowest BCUT2D eigenvalue weighted by Gasteiger charge is -2.28. The highest BCUT2D eigenvalue weighted by atomic mass is 19.4. The van der Waals surface area contributed by atoms with Crippen molar-refractivity contribution in [1.82, 2.24) is 25.3 Å². The molecule has 2 saturated carbocycles. The topological polar surface area (TPSA) is 135 Å².